The lowest BCUT2D eigenvalue weighted by molar-refractivity contribution is -0.117. The highest BCUT2D eigenvalue weighted by atomic mass is 35.5. The molecule has 0 bridgehead atoms. The van der Waals surface area contributed by atoms with Crippen molar-refractivity contribution in [3.8, 4) is 0 Å². The normalized spacial score (nSPS) is 10.3. The van der Waals surface area contributed by atoms with Crippen LogP contribution in [0.5, 0.6) is 0 Å². The molecule has 1 aromatic carbocycles. The van der Waals surface area contributed by atoms with Crippen LogP contribution < -0.4 is 5.32 Å². The minimum Gasteiger partial charge on any atom is -0.323 e. The minimum absolute atomic E-state index is 0.0304. The summed E-state index contributed by atoms with van der Waals surface area (Å²) >= 11 is 5.95. The summed E-state index contributed by atoms with van der Waals surface area (Å²) in [5.41, 5.74) is 1.37. The number of nitrogens with one attached hydrogen (secondary N) is 1. The van der Waals surface area contributed by atoms with E-state index in [-0.39, 0.29) is 23.9 Å². The smallest absolute Gasteiger partial charge is 0.246 e. The van der Waals surface area contributed by atoms with Gasteiger partial charge in [0.05, 0.1) is 16.4 Å². The van der Waals surface area contributed by atoms with Crippen molar-refractivity contribution in [1.82, 2.24) is 15.0 Å². The van der Waals surface area contributed by atoms with Gasteiger partial charge in [0.15, 0.2) is 11.5 Å². The number of carbonyl (C=O) groups excluding carboxylic acids is 2. The van der Waals surface area contributed by atoms with Gasteiger partial charge in [-0.1, -0.05) is 28.9 Å². The van der Waals surface area contributed by atoms with Gasteiger partial charge in [-0.05, 0) is 19.1 Å². The molecule has 6 nitrogen and oxygen atoms in total. The standard InChI is InChI=1S/C13H13ClN4O2/c1-8-13(9(2)19)16-17-18(8)7-12(20)15-11-6-4-3-5-10(11)14/h3-6H,7H2,1-2H3,(H,15,20). The molecule has 20 heavy (non-hydrogen) atoms. The fourth-order valence-corrected chi connectivity index (χ4v) is 1.91. The highest BCUT2D eigenvalue weighted by Gasteiger charge is 2.15. The summed E-state index contributed by atoms with van der Waals surface area (Å²) in [5, 5.41) is 10.7. The van der Waals surface area contributed by atoms with Gasteiger partial charge in [-0.2, -0.15) is 0 Å². The van der Waals surface area contributed by atoms with Gasteiger partial charge >= 0.3 is 0 Å². The number of para-hydroxylation sites is 1. The van der Waals surface area contributed by atoms with Crippen molar-refractivity contribution < 1.29 is 9.59 Å². The first-order valence-electron chi connectivity index (χ1n) is 5.94. The van der Waals surface area contributed by atoms with Gasteiger partial charge in [0.1, 0.15) is 6.54 Å². The summed E-state index contributed by atoms with van der Waals surface area (Å²) in [6.07, 6.45) is 0. The Kier molecular flexibility index (Phi) is 4.14. The lowest BCUT2D eigenvalue weighted by atomic mass is 10.2. The van der Waals surface area contributed by atoms with Crippen LogP contribution in [0.1, 0.15) is 23.1 Å². The molecule has 104 valence electrons. The number of aromatic nitrogens is 3. The van der Waals surface area contributed by atoms with Crippen LogP contribution in [0.2, 0.25) is 5.02 Å². The first-order chi connectivity index (χ1) is 9.49. The van der Waals surface area contributed by atoms with Gasteiger partial charge in [-0.25, -0.2) is 4.68 Å². The Morgan fingerprint density at radius 1 is 1.35 bits per heavy atom. The second-order valence-corrected chi connectivity index (χ2v) is 4.67. The van der Waals surface area contributed by atoms with E-state index >= 15 is 0 Å². The van der Waals surface area contributed by atoms with Crippen LogP contribution in [-0.4, -0.2) is 26.7 Å². The number of amides is 1. The maximum absolute atomic E-state index is 11.9. The van der Waals surface area contributed by atoms with Crippen LogP contribution in [0.4, 0.5) is 5.69 Å². The third-order valence-corrected chi connectivity index (χ3v) is 3.09. The monoisotopic (exact) mass is 292 g/mol. The number of ketones is 1. The van der Waals surface area contributed by atoms with Crippen molar-refractivity contribution in [2.24, 2.45) is 0 Å². The number of hydrogen-bond donors (Lipinski definition) is 1. The van der Waals surface area contributed by atoms with Gasteiger partial charge in [0.2, 0.25) is 5.91 Å². The summed E-state index contributed by atoms with van der Waals surface area (Å²) in [5.74, 6) is -0.471. The van der Waals surface area contributed by atoms with Crippen molar-refractivity contribution >= 4 is 29.0 Å². The number of benzene rings is 1. The van der Waals surface area contributed by atoms with E-state index in [9.17, 15) is 9.59 Å². The Bertz CT molecular complexity index is 666. The molecular weight excluding hydrogens is 280 g/mol. The SMILES string of the molecule is CC(=O)c1nnn(CC(=O)Nc2ccccc2Cl)c1C. The largest absolute Gasteiger partial charge is 0.323 e. The summed E-state index contributed by atoms with van der Waals surface area (Å²) in [4.78, 5) is 23.2. The van der Waals surface area contributed by atoms with Crippen LogP contribution in [0.15, 0.2) is 24.3 Å². The zero-order valence-electron chi connectivity index (χ0n) is 11.1. The molecule has 0 aliphatic rings. The van der Waals surface area contributed by atoms with Crippen molar-refractivity contribution in [3.63, 3.8) is 0 Å². The second-order valence-electron chi connectivity index (χ2n) is 4.27. The number of Topliss-reactive ketones (excluding diaryl/α,β-unsaturated/α-hetero) is 1. The molecule has 1 N–H and O–H groups in total. The highest BCUT2D eigenvalue weighted by molar-refractivity contribution is 6.33. The van der Waals surface area contributed by atoms with E-state index in [1.165, 1.54) is 11.6 Å². The number of nitrogens with zero attached hydrogens (tertiary/aromatic N) is 3. The molecule has 2 aromatic rings. The maximum Gasteiger partial charge on any atom is 0.246 e. The molecule has 0 aliphatic heterocycles. The van der Waals surface area contributed by atoms with E-state index in [1.807, 2.05) is 0 Å². The molecule has 0 unspecified atom stereocenters. The van der Waals surface area contributed by atoms with Crippen molar-refractivity contribution in [2.45, 2.75) is 20.4 Å². The molecule has 0 radical (unpaired) electrons. The molecule has 2 rings (SSSR count). The summed E-state index contributed by atoms with van der Waals surface area (Å²) in [6, 6.07) is 6.94. The minimum atomic E-state index is -0.291. The predicted molar refractivity (Wildman–Crippen MR) is 74.8 cm³/mol. The first-order valence-corrected chi connectivity index (χ1v) is 6.32. The van der Waals surface area contributed by atoms with Gasteiger partial charge in [0, 0.05) is 6.92 Å². The Morgan fingerprint density at radius 2 is 2.05 bits per heavy atom. The first kappa shape index (κ1) is 14.2. The van der Waals surface area contributed by atoms with E-state index in [1.54, 1.807) is 31.2 Å². The van der Waals surface area contributed by atoms with Crippen LogP contribution in [0.3, 0.4) is 0 Å². The summed E-state index contributed by atoms with van der Waals surface area (Å²) in [7, 11) is 0. The zero-order chi connectivity index (χ0) is 14.7. The Balaban J connectivity index is 2.09. The quantitative estimate of drug-likeness (QED) is 0.875. The van der Waals surface area contributed by atoms with E-state index in [0.29, 0.717) is 16.4 Å². The van der Waals surface area contributed by atoms with Crippen LogP contribution in [-0.2, 0) is 11.3 Å². The topological polar surface area (TPSA) is 76.9 Å². The number of rotatable bonds is 4. The van der Waals surface area contributed by atoms with Crippen LogP contribution >= 0.6 is 11.6 Å². The molecule has 0 spiro atoms. The van der Waals surface area contributed by atoms with Gasteiger partial charge < -0.3 is 5.32 Å². The number of anilines is 1. The Hall–Kier alpha value is -2.21. The molecule has 0 saturated heterocycles. The van der Waals surface area contributed by atoms with Gasteiger partial charge in [0.25, 0.3) is 0 Å². The number of carbonyl (C=O) groups is 2. The molecule has 7 heteroatoms. The van der Waals surface area contributed by atoms with E-state index in [4.69, 9.17) is 11.6 Å². The fraction of sp³-hybridized carbons (Fsp3) is 0.231. The molecular formula is C13H13ClN4O2. The Labute approximate surface area is 120 Å². The summed E-state index contributed by atoms with van der Waals surface area (Å²) < 4.78 is 1.38. The van der Waals surface area contributed by atoms with Gasteiger partial charge in [-0.3, -0.25) is 9.59 Å². The van der Waals surface area contributed by atoms with E-state index in [2.05, 4.69) is 15.6 Å². The van der Waals surface area contributed by atoms with Crippen molar-refractivity contribution in [1.29, 1.82) is 0 Å². The number of hydrogen-bond acceptors (Lipinski definition) is 4. The van der Waals surface area contributed by atoms with E-state index in [0.717, 1.165) is 0 Å². The van der Waals surface area contributed by atoms with Crippen LogP contribution in [0, 0.1) is 6.92 Å². The average molecular weight is 293 g/mol. The van der Waals surface area contributed by atoms with Crippen molar-refractivity contribution in [3.05, 3.63) is 40.7 Å². The summed E-state index contributed by atoms with van der Waals surface area (Å²) in [6.45, 7) is 3.07. The zero-order valence-corrected chi connectivity index (χ0v) is 11.8. The lowest BCUT2D eigenvalue weighted by Crippen LogP contribution is -2.20. The Morgan fingerprint density at radius 3 is 2.65 bits per heavy atom. The molecule has 0 fully saturated rings. The van der Waals surface area contributed by atoms with Gasteiger partial charge in [-0.15, -0.1) is 5.10 Å². The number of halogens is 1. The molecule has 1 amide bonds. The highest BCUT2D eigenvalue weighted by Crippen LogP contribution is 2.20. The average Bonchev–Trinajstić information content (AvgIpc) is 2.74. The third-order valence-electron chi connectivity index (χ3n) is 2.76. The third kappa shape index (κ3) is 3.03. The molecule has 1 heterocycles. The van der Waals surface area contributed by atoms with Crippen molar-refractivity contribution in [2.75, 3.05) is 5.32 Å². The molecule has 0 aliphatic carbocycles. The maximum atomic E-state index is 11.9. The second kappa shape index (κ2) is 5.83. The molecule has 0 saturated carbocycles. The molecule has 1 aromatic heterocycles. The van der Waals surface area contributed by atoms with E-state index < -0.39 is 0 Å². The van der Waals surface area contributed by atoms with Crippen LogP contribution in [0.25, 0.3) is 0 Å². The fourth-order valence-electron chi connectivity index (χ4n) is 1.72. The predicted octanol–water partition coefficient (Wildman–Crippen LogP) is 2.08. The molecule has 0 atom stereocenters. The lowest BCUT2D eigenvalue weighted by Gasteiger charge is -2.07.